The number of guanidine groups is 1. The molecule has 6 nitrogen and oxygen atoms in total. The molecular formula is C18H28F3IN4O2S. The number of alkyl halides is 3. The van der Waals surface area contributed by atoms with Gasteiger partial charge in [0.05, 0.1) is 0 Å². The first-order valence-corrected chi connectivity index (χ1v) is 10.7. The highest BCUT2D eigenvalue weighted by Crippen LogP contribution is 2.23. The zero-order valence-electron chi connectivity index (χ0n) is 16.5. The fraction of sp³-hybridized carbons (Fsp3) is 0.667. The van der Waals surface area contributed by atoms with Gasteiger partial charge in [-0.25, -0.2) is 4.98 Å². The SMILES string of the molecule is CCS(=O)C1CCCC(NC(=NC)NCc2ccnc(OCC(F)(F)F)c2)C1.I. The van der Waals surface area contributed by atoms with Crippen LogP contribution in [0.15, 0.2) is 23.3 Å². The second-order valence-electron chi connectivity index (χ2n) is 6.63. The lowest BCUT2D eigenvalue weighted by atomic mass is 9.95. The highest BCUT2D eigenvalue weighted by Gasteiger charge is 2.29. The first-order valence-electron chi connectivity index (χ1n) is 9.29. The fourth-order valence-corrected chi connectivity index (χ4v) is 4.47. The summed E-state index contributed by atoms with van der Waals surface area (Å²) in [6, 6.07) is 3.36. The van der Waals surface area contributed by atoms with Crippen molar-refractivity contribution in [1.82, 2.24) is 15.6 Å². The second kappa shape index (κ2) is 12.6. The van der Waals surface area contributed by atoms with Crippen LogP contribution in [0.4, 0.5) is 13.2 Å². The Morgan fingerprint density at radius 1 is 1.41 bits per heavy atom. The van der Waals surface area contributed by atoms with Crippen LogP contribution in [0.1, 0.15) is 38.2 Å². The standard InChI is InChI=1S/C18H27F3N4O2S.HI/c1-3-28(26)15-6-4-5-14(10-15)25-17(22-2)24-11-13-7-8-23-16(9-13)27-12-18(19,20)21;/h7-9,14-15H,3-6,10-12H2,1-2H3,(H2,22,24,25);1H. The van der Waals surface area contributed by atoms with E-state index >= 15 is 0 Å². The van der Waals surface area contributed by atoms with Gasteiger partial charge in [-0.3, -0.25) is 9.20 Å². The molecule has 1 fully saturated rings. The molecule has 2 N–H and O–H groups in total. The average molecular weight is 548 g/mol. The summed E-state index contributed by atoms with van der Waals surface area (Å²) in [5, 5.41) is 6.71. The van der Waals surface area contributed by atoms with Crippen molar-refractivity contribution in [2.24, 2.45) is 4.99 Å². The molecule has 1 aliphatic carbocycles. The molecule has 3 atom stereocenters. The van der Waals surface area contributed by atoms with E-state index in [-0.39, 0.29) is 41.1 Å². The lowest BCUT2D eigenvalue weighted by Crippen LogP contribution is -2.46. The summed E-state index contributed by atoms with van der Waals surface area (Å²) in [4.78, 5) is 7.99. The van der Waals surface area contributed by atoms with E-state index in [1.807, 2.05) is 6.92 Å². The van der Waals surface area contributed by atoms with E-state index in [0.717, 1.165) is 31.2 Å². The van der Waals surface area contributed by atoms with Gasteiger partial charge in [0, 0.05) is 53.7 Å². The number of nitrogens with one attached hydrogen (secondary N) is 2. The van der Waals surface area contributed by atoms with Crippen molar-refractivity contribution in [3.8, 4) is 5.88 Å². The molecule has 11 heteroatoms. The van der Waals surface area contributed by atoms with Crippen LogP contribution in [0.3, 0.4) is 0 Å². The number of halogens is 4. The number of pyridine rings is 1. The molecule has 29 heavy (non-hydrogen) atoms. The van der Waals surface area contributed by atoms with Gasteiger partial charge >= 0.3 is 6.18 Å². The highest BCUT2D eigenvalue weighted by molar-refractivity contribution is 14.0. The number of aromatic nitrogens is 1. The van der Waals surface area contributed by atoms with Crippen molar-refractivity contribution in [1.29, 1.82) is 0 Å². The maximum Gasteiger partial charge on any atom is 0.422 e. The van der Waals surface area contributed by atoms with Crippen molar-refractivity contribution >= 4 is 40.7 Å². The normalized spacial score (nSPS) is 21.1. The van der Waals surface area contributed by atoms with E-state index in [1.54, 1.807) is 13.1 Å². The van der Waals surface area contributed by atoms with E-state index in [1.165, 1.54) is 12.3 Å². The molecule has 3 unspecified atom stereocenters. The number of rotatable bonds is 7. The fourth-order valence-electron chi connectivity index (χ4n) is 3.12. The summed E-state index contributed by atoms with van der Waals surface area (Å²) in [6.07, 6.45) is 0.845. The van der Waals surface area contributed by atoms with Crippen LogP contribution in [0, 0.1) is 0 Å². The van der Waals surface area contributed by atoms with Crippen molar-refractivity contribution in [3.63, 3.8) is 0 Å². The van der Waals surface area contributed by atoms with Crippen molar-refractivity contribution < 1.29 is 22.1 Å². The van der Waals surface area contributed by atoms with Crippen LogP contribution in [-0.4, -0.2) is 52.0 Å². The molecule has 0 amide bonds. The van der Waals surface area contributed by atoms with E-state index in [4.69, 9.17) is 0 Å². The van der Waals surface area contributed by atoms with Crippen LogP contribution in [-0.2, 0) is 17.3 Å². The number of aliphatic imine (C=N–C) groups is 1. The van der Waals surface area contributed by atoms with E-state index in [2.05, 4.69) is 25.3 Å². The Morgan fingerprint density at radius 3 is 2.83 bits per heavy atom. The quantitative estimate of drug-likeness (QED) is 0.311. The van der Waals surface area contributed by atoms with Gasteiger partial charge in [-0.05, 0) is 30.9 Å². The van der Waals surface area contributed by atoms with Crippen LogP contribution >= 0.6 is 24.0 Å². The van der Waals surface area contributed by atoms with Gasteiger partial charge < -0.3 is 15.4 Å². The molecule has 1 aromatic rings. The Balaban J connectivity index is 0.00000420. The third-order valence-electron chi connectivity index (χ3n) is 4.49. The molecule has 0 bridgehead atoms. The molecule has 166 valence electrons. The first-order chi connectivity index (χ1) is 13.3. The van der Waals surface area contributed by atoms with Gasteiger partial charge in [-0.2, -0.15) is 13.2 Å². The van der Waals surface area contributed by atoms with E-state index in [9.17, 15) is 17.4 Å². The Bertz CT molecular complexity index is 691. The Hall–Kier alpha value is -1.11. The van der Waals surface area contributed by atoms with E-state index < -0.39 is 23.6 Å². The van der Waals surface area contributed by atoms with Crippen LogP contribution in [0.5, 0.6) is 5.88 Å². The Kier molecular flexibility index (Phi) is 11.2. The minimum Gasteiger partial charge on any atom is -0.468 e. The average Bonchev–Trinajstić information content (AvgIpc) is 2.69. The topological polar surface area (TPSA) is 75.6 Å². The monoisotopic (exact) mass is 548 g/mol. The minimum atomic E-state index is -4.40. The van der Waals surface area contributed by atoms with Gasteiger partial charge in [0.1, 0.15) is 0 Å². The summed E-state index contributed by atoms with van der Waals surface area (Å²) >= 11 is 0. The Labute approximate surface area is 189 Å². The molecule has 1 aliphatic rings. The largest absolute Gasteiger partial charge is 0.468 e. The van der Waals surface area contributed by atoms with Gasteiger partial charge in [0.2, 0.25) is 5.88 Å². The number of hydrogen-bond donors (Lipinski definition) is 2. The van der Waals surface area contributed by atoms with Crippen molar-refractivity contribution in [3.05, 3.63) is 23.9 Å². The van der Waals surface area contributed by atoms with Crippen molar-refractivity contribution in [2.45, 2.75) is 56.6 Å². The van der Waals surface area contributed by atoms with Crippen LogP contribution in [0.25, 0.3) is 0 Å². The lowest BCUT2D eigenvalue weighted by Gasteiger charge is -2.30. The molecule has 2 rings (SSSR count). The molecule has 0 radical (unpaired) electrons. The van der Waals surface area contributed by atoms with E-state index in [0.29, 0.717) is 18.3 Å². The predicted molar refractivity (Wildman–Crippen MR) is 119 cm³/mol. The third kappa shape index (κ3) is 9.49. The first kappa shape index (κ1) is 25.9. The van der Waals surface area contributed by atoms with Gasteiger partial charge in [-0.15, -0.1) is 24.0 Å². The van der Waals surface area contributed by atoms with Gasteiger partial charge in [0.25, 0.3) is 0 Å². The van der Waals surface area contributed by atoms with Crippen molar-refractivity contribution in [2.75, 3.05) is 19.4 Å². The maximum absolute atomic E-state index is 12.3. The van der Waals surface area contributed by atoms with Gasteiger partial charge in [0.15, 0.2) is 12.6 Å². The molecule has 0 saturated heterocycles. The molecule has 1 saturated carbocycles. The molecule has 1 aromatic heterocycles. The predicted octanol–water partition coefficient (Wildman–Crippen LogP) is 3.39. The second-order valence-corrected chi connectivity index (χ2v) is 8.64. The zero-order chi connectivity index (χ0) is 20.6. The molecule has 0 aliphatic heterocycles. The molecule has 0 spiro atoms. The van der Waals surface area contributed by atoms with Crippen LogP contribution < -0.4 is 15.4 Å². The van der Waals surface area contributed by atoms with Crippen LogP contribution in [0.2, 0.25) is 0 Å². The summed E-state index contributed by atoms with van der Waals surface area (Å²) in [5.41, 5.74) is 0.726. The zero-order valence-corrected chi connectivity index (χ0v) is 19.6. The summed E-state index contributed by atoms with van der Waals surface area (Å²) in [6.45, 7) is 0.929. The molecule has 1 heterocycles. The lowest BCUT2D eigenvalue weighted by molar-refractivity contribution is -0.154. The Morgan fingerprint density at radius 2 is 2.17 bits per heavy atom. The number of nitrogens with zero attached hydrogens (tertiary/aromatic N) is 2. The smallest absolute Gasteiger partial charge is 0.422 e. The number of hydrogen-bond acceptors (Lipinski definition) is 4. The number of ether oxygens (including phenoxy) is 1. The summed E-state index contributed by atoms with van der Waals surface area (Å²) in [5.74, 6) is 1.20. The summed E-state index contributed by atoms with van der Waals surface area (Å²) < 4.78 is 53.5. The molecule has 0 aromatic carbocycles. The summed E-state index contributed by atoms with van der Waals surface area (Å²) in [7, 11) is 0.860. The molecular weight excluding hydrogens is 520 g/mol. The third-order valence-corrected chi connectivity index (χ3v) is 6.23. The maximum atomic E-state index is 12.3. The minimum absolute atomic E-state index is 0. The highest BCUT2D eigenvalue weighted by atomic mass is 127. The van der Waals surface area contributed by atoms with Gasteiger partial charge in [-0.1, -0.05) is 13.3 Å².